The first-order chi connectivity index (χ1) is 5.20. The first-order valence-electron chi connectivity index (χ1n) is 3.98. The zero-order chi connectivity index (χ0) is 8.27. The van der Waals surface area contributed by atoms with Gasteiger partial charge in [0.1, 0.15) is 5.76 Å². The van der Waals surface area contributed by atoms with E-state index < -0.39 is 0 Å². The van der Waals surface area contributed by atoms with Gasteiger partial charge in [0.05, 0.1) is 6.26 Å². The molecule has 0 saturated carbocycles. The average Bonchev–Trinajstić information content (AvgIpc) is 2.39. The number of hydrogen-bond donors (Lipinski definition) is 1. The summed E-state index contributed by atoms with van der Waals surface area (Å²) in [7, 11) is 0. The first-order valence-corrected chi connectivity index (χ1v) is 3.98. The summed E-state index contributed by atoms with van der Waals surface area (Å²) >= 11 is 0. The molecule has 0 amide bonds. The molecule has 2 N–H and O–H groups in total. The van der Waals surface area contributed by atoms with Crippen LogP contribution in [0.4, 0.5) is 0 Å². The zero-order valence-corrected chi connectivity index (χ0v) is 7.08. The molecule has 0 aliphatic heterocycles. The molecule has 11 heavy (non-hydrogen) atoms. The van der Waals surface area contributed by atoms with Gasteiger partial charge in [-0.1, -0.05) is 13.8 Å². The molecular formula is C9H15NO. The molecule has 1 rings (SSSR count). The van der Waals surface area contributed by atoms with Crippen LogP contribution in [0.1, 0.15) is 19.6 Å². The summed E-state index contributed by atoms with van der Waals surface area (Å²) in [4.78, 5) is 0. The van der Waals surface area contributed by atoms with E-state index in [2.05, 4.69) is 13.8 Å². The maximum atomic E-state index is 5.85. The Bertz CT molecular complexity index is 191. The van der Waals surface area contributed by atoms with Crippen molar-refractivity contribution in [3.8, 4) is 0 Å². The fourth-order valence-electron chi connectivity index (χ4n) is 0.897. The van der Waals surface area contributed by atoms with Gasteiger partial charge in [0, 0.05) is 12.5 Å². The molecule has 0 aliphatic carbocycles. The Morgan fingerprint density at radius 1 is 1.55 bits per heavy atom. The fraction of sp³-hybridized carbons (Fsp3) is 0.556. The monoisotopic (exact) mass is 153 g/mol. The minimum Gasteiger partial charge on any atom is -0.469 e. The van der Waals surface area contributed by atoms with Gasteiger partial charge in [-0.15, -0.1) is 0 Å². The molecule has 62 valence electrons. The van der Waals surface area contributed by atoms with E-state index in [9.17, 15) is 0 Å². The molecule has 2 nitrogen and oxygen atoms in total. The largest absolute Gasteiger partial charge is 0.469 e. The first kappa shape index (κ1) is 8.34. The van der Waals surface area contributed by atoms with Crippen molar-refractivity contribution in [1.29, 1.82) is 0 Å². The van der Waals surface area contributed by atoms with Crippen LogP contribution in [0, 0.1) is 5.92 Å². The van der Waals surface area contributed by atoms with Crippen molar-refractivity contribution in [1.82, 2.24) is 0 Å². The Hall–Kier alpha value is -0.760. The summed E-state index contributed by atoms with van der Waals surface area (Å²) in [5.41, 5.74) is 5.85. The van der Waals surface area contributed by atoms with Crippen LogP contribution in [0.3, 0.4) is 0 Å². The Morgan fingerprint density at radius 2 is 2.27 bits per heavy atom. The number of hydrogen-bond acceptors (Lipinski definition) is 2. The number of rotatable bonds is 3. The van der Waals surface area contributed by atoms with Crippen LogP contribution in [0.25, 0.3) is 0 Å². The molecule has 0 fully saturated rings. The molecule has 1 unspecified atom stereocenters. The van der Waals surface area contributed by atoms with Gasteiger partial charge < -0.3 is 10.2 Å². The molecule has 1 aromatic heterocycles. The van der Waals surface area contributed by atoms with E-state index in [1.807, 2.05) is 12.1 Å². The van der Waals surface area contributed by atoms with E-state index in [1.165, 1.54) is 0 Å². The minimum atomic E-state index is 0.209. The molecule has 1 atom stereocenters. The molecule has 0 saturated heterocycles. The van der Waals surface area contributed by atoms with Gasteiger partial charge in [-0.25, -0.2) is 0 Å². The Balaban J connectivity index is 2.43. The van der Waals surface area contributed by atoms with E-state index >= 15 is 0 Å². The summed E-state index contributed by atoms with van der Waals surface area (Å²) in [5.74, 6) is 1.49. The normalized spacial score (nSPS) is 13.8. The lowest BCUT2D eigenvalue weighted by molar-refractivity contribution is 0.430. The molecule has 1 heterocycles. The van der Waals surface area contributed by atoms with E-state index in [4.69, 9.17) is 10.2 Å². The van der Waals surface area contributed by atoms with E-state index in [1.54, 1.807) is 6.26 Å². The summed E-state index contributed by atoms with van der Waals surface area (Å²) in [6.45, 7) is 4.24. The van der Waals surface area contributed by atoms with E-state index in [0.717, 1.165) is 12.2 Å². The van der Waals surface area contributed by atoms with Crippen LogP contribution in [0.15, 0.2) is 22.8 Å². The Labute approximate surface area is 67.4 Å². The summed E-state index contributed by atoms with van der Waals surface area (Å²) in [6, 6.07) is 4.06. The van der Waals surface area contributed by atoms with Crippen LogP contribution in [0.2, 0.25) is 0 Å². The molecule has 0 radical (unpaired) electrons. The second kappa shape index (κ2) is 3.58. The van der Waals surface area contributed by atoms with Gasteiger partial charge in [0.2, 0.25) is 0 Å². The Morgan fingerprint density at radius 3 is 2.73 bits per heavy atom. The van der Waals surface area contributed by atoms with Crippen LogP contribution in [-0.4, -0.2) is 6.04 Å². The molecule has 0 aliphatic rings. The van der Waals surface area contributed by atoms with Crippen molar-refractivity contribution < 1.29 is 4.42 Å². The summed E-state index contributed by atoms with van der Waals surface area (Å²) in [6.07, 6.45) is 2.52. The predicted octanol–water partition coefficient (Wildman–Crippen LogP) is 1.81. The smallest absolute Gasteiger partial charge is 0.105 e. The highest BCUT2D eigenvalue weighted by Gasteiger charge is 2.09. The third-order valence-corrected chi connectivity index (χ3v) is 1.87. The van der Waals surface area contributed by atoms with Crippen molar-refractivity contribution in [3.63, 3.8) is 0 Å². The fourth-order valence-corrected chi connectivity index (χ4v) is 0.897. The number of furan rings is 1. The van der Waals surface area contributed by atoms with Crippen LogP contribution in [0.5, 0.6) is 0 Å². The van der Waals surface area contributed by atoms with Crippen molar-refractivity contribution in [2.45, 2.75) is 26.3 Å². The second-order valence-corrected chi connectivity index (χ2v) is 3.19. The quantitative estimate of drug-likeness (QED) is 0.719. The van der Waals surface area contributed by atoms with Gasteiger partial charge in [-0.05, 0) is 18.1 Å². The molecule has 0 spiro atoms. The van der Waals surface area contributed by atoms with Crippen LogP contribution in [-0.2, 0) is 6.42 Å². The zero-order valence-electron chi connectivity index (χ0n) is 7.08. The SMILES string of the molecule is CC(C)C(N)Cc1ccco1. The third kappa shape index (κ3) is 2.39. The van der Waals surface area contributed by atoms with E-state index in [-0.39, 0.29) is 6.04 Å². The maximum absolute atomic E-state index is 5.85. The lowest BCUT2D eigenvalue weighted by atomic mass is 10.0. The van der Waals surface area contributed by atoms with Crippen molar-refractivity contribution >= 4 is 0 Å². The predicted molar refractivity (Wildman–Crippen MR) is 45.2 cm³/mol. The van der Waals surface area contributed by atoms with Crippen molar-refractivity contribution in [3.05, 3.63) is 24.2 Å². The van der Waals surface area contributed by atoms with E-state index in [0.29, 0.717) is 5.92 Å². The molecule has 2 heteroatoms. The summed E-state index contributed by atoms with van der Waals surface area (Å²) in [5, 5.41) is 0. The topological polar surface area (TPSA) is 39.2 Å². The highest BCUT2D eigenvalue weighted by molar-refractivity contribution is 5.00. The molecule has 0 bridgehead atoms. The van der Waals surface area contributed by atoms with Gasteiger partial charge in [0.25, 0.3) is 0 Å². The average molecular weight is 153 g/mol. The summed E-state index contributed by atoms with van der Waals surface area (Å²) < 4.78 is 5.17. The van der Waals surface area contributed by atoms with Crippen LogP contribution >= 0.6 is 0 Å². The number of nitrogens with two attached hydrogens (primary N) is 1. The third-order valence-electron chi connectivity index (χ3n) is 1.87. The second-order valence-electron chi connectivity index (χ2n) is 3.19. The van der Waals surface area contributed by atoms with Crippen molar-refractivity contribution in [2.24, 2.45) is 11.7 Å². The molecular weight excluding hydrogens is 138 g/mol. The van der Waals surface area contributed by atoms with Gasteiger partial charge in [-0.3, -0.25) is 0 Å². The lowest BCUT2D eigenvalue weighted by Gasteiger charge is -2.13. The van der Waals surface area contributed by atoms with Crippen LogP contribution < -0.4 is 5.73 Å². The van der Waals surface area contributed by atoms with Gasteiger partial charge in [-0.2, -0.15) is 0 Å². The standard InChI is InChI=1S/C9H15NO/c1-7(2)9(10)6-8-4-3-5-11-8/h3-5,7,9H,6,10H2,1-2H3. The highest BCUT2D eigenvalue weighted by atomic mass is 16.3. The lowest BCUT2D eigenvalue weighted by Crippen LogP contribution is -2.28. The maximum Gasteiger partial charge on any atom is 0.105 e. The minimum absolute atomic E-state index is 0.209. The van der Waals surface area contributed by atoms with Gasteiger partial charge >= 0.3 is 0 Å². The molecule has 0 aromatic carbocycles. The Kier molecular flexibility index (Phi) is 2.71. The molecule has 1 aromatic rings. The highest BCUT2D eigenvalue weighted by Crippen LogP contribution is 2.08. The van der Waals surface area contributed by atoms with Gasteiger partial charge in [0.15, 0.2) is 0 Å². The van der Waals surface area contributed by atoms with Crippen molar-refractivity contribution in [2.75, 3.05) is 0 Å².